The molecule has 0 bridgehead atoms. The lowest BCUT2D eigenvalue weighted by atomic mass is 9.77. The molecule has 1 aromatic carbocycles. The quantitative estimate of drug-likeness (QED) is 0.900. The average Bonchev–Trinajstić information content (AvgIpc) is 2.48. The molecule has 0 aliphatic carbocycles. The summed E-state index contributed by atoms with van der Waals surface area (Å²) in [6.07, 6.45) is 2.63. The fraction of sp³-hybridized carbons (Fsp3) is 0.467. The number of nitriles is 1. The van der Waals surface area contributed by atoms with Gasteiger partial charge in [0.05, 0.1) is 16.7 Å². The fourth-order valence-corrected chi connectivity index (χ4v) is 2.77. The van der Waals surface area contributed by atoms with Crippen LogP contribution in [-0.4, -0.2) is 19.0 Å². The number of nitrogens with zero attached hydrogens (tertiary/aromatic N) is 1. The molecule has 0 spiro atoms. The van der Waals surface area contributed by atoms with Crippen molar-refractivity contribution in [2.45, 2.75) is 26.2 Å². The van der Waals surface area contributed by atoms with Crippen molar-refractivity contribution in [3.63, 3.8) is 0 Å². The van der Waals surface area contributed by atoms with Gasteiger partial charge in [-0.25, -0.2) is 0 Å². The van der Waals surface area contributed by atoms with Gasteiger partial charge in [-0.05, 0) is 44.0 Å². The van der Waals surface area contributed by atoms with Gasteiger partial charge in [-0.1, -0.05) is 18.5 Å². The van der Waals surface area contributed by atoms with Crippen LogP contribution in [0.2, 0.25) is 5.02 Å². The number of amides is 1. The second-order valence-electron chi connectivity index (χ2n) is 5.17. The summed E-state index contributed by atoms with van der Waals surface area (Å²) in [6, 6.07) is 6.96. The third-order valence-corrected chi connectivity index (χ3v) is 4.22. The Morgan fingerprint density at radius 3 is 3.00 bits per heavy atom. The standard InChI is InChI=1S/C15H18ClN3O/c1-2-15(6-3-7-18-10-15)14(20)19-13-8-12(16)5-4-11(13)9-17/h4-5,8,18H,2-3,6-7,10H2,1H3,(H,19,20). The molecule has 2 rings (SSSR count). The van der Waals surface area contributed by atoms with Crippen molar-refractivity contribution in [3.8, 4) is 6.07 Å². The van der Waals surface area contributed by atoms with Crippen LogP contribution in [0.1, 0.15) is 31.7 Å². The van der Waals surface area contributed by atoms with Gasteiger partial charge in [0.1, 0.15) is 6.07 Å². The maximum Gasteiger partial charge on any atom is 0.231 e. The largest absolute Gasteiger partial charge is 0.324 e. The lowest BCUT2D eigenvalue weighted by Gasteiger charge is -2.35. The molecule has 1 saturated heterocycles. The van der Waals surface area contributed by atoms with E-state index in [4.69, 9.17) is 16.9 Å². The molecule has 0 saturated carbocycles. The first-order valence-electron chi connectivity index (χ1n) is 6.83. The zero-order valence-electron chi connectivity index (χ0n) is 11.5. The summed E-state index contributed by atoms with van der Waals surface area (Å²) in [5.41, 5.74) is 0.522. The van der Waals surface area contributed by atoms with E-state index in [1.165, 1.54) is 0 Å². The van der Waals surface area contributed by atoms with E-state index in [1.54, 1.807) is 18.2 Å². The van der Waals surface area contributed by atoms with Crippen molar-refractivity contribution in [2.24, 2.45) is 5.41 Å². The van der Waals surface area contributed by atoms with Crippen molar-refractivity contribution in [1.82, 2.24) is 5.32 Å². The molecule has 1 atom stereocenters. The number of nitrogens with one attached hydrogen (secondary N) is 2. The van der Waals surface area contributed by atoms with Crippen molar-refractivity contribution in [3.05, 3.63) is 28.8 Å². The van der Waals surface area contributed by atoms with Crippen LogP contribution in [0.4, 0.5) is 5.69 Å². The summed E-state index contributed by atoms with van der Waals surface area (Å²) < 4.78 is 0. The average molecular weight is 292 g/mol. The maximum absolute atomic E-state index is 12.6. The first-order chi connectivity index (χ1) is 9.61. The second kappa shape index (κ2) is 6.25. The van der Waals surface area contributed by atoms with E-state index < -0.39 is 5.41 Å². The third kappa shape index (κ3) is 2.95. The normalized spacial score (nSPS) is 22.1. The Morgan fingerprint density at radius 2 is 2.40 bits per heavy atom. The van der Waals surface area contributed by atoms with Gasteiger partial charge in [0.25, 0.3) is 0 Å². The van der Waals surface area contributed by atoms with E-state index in [0.29, 0.717) is 22.8 Å². The third-order valence-electron chi connectivity index (χ3n) is 3.98. The molecule has 2 N–H and O–H groups in total. The maximum atomic E-state index is 12.6. The minimum atomic E-state index is -0.396. The minimum absolute atomic E-state index is 0.0361. The number of carbonyl (C=O) groups is 1. The first kappa shape index (κ1) is 14.8. The van der Waals surface area contributed by atoms with Gasteiger partial charge < -0.3 is 10.6 Å². The van der Waals surface area contributed by atoms with Crippen LogP contribution in [-0.2, 0) is 4.79 Å². The summed E-state index contributed by atoms with van der Waals surface area (Å²) in [5, 5.41) is 15.8. The highest BCUT2D eigenvalue weighted by atomic mass is 35.5. The minimum Gasteiger partial charge on any atom is -0.324 e. The van der Waals surface area contributed by atoms with E-state index in [-0.39, 0.29) is 5.91 Å². The van der Waals surface area contributed by atoms with Crippen molar-refractivity contribution < 1.29 is 4.79 Å². The molecule has 1 aliphatic heterocycles. The first-order valence-corrected chi connectivity index (χ1v) is 7.21. The van der Waals surface area contributed by atoms with Gasteiger partial charge in [0.15, 0.2) is 0 Å². The van der Waals surface area contributed by atoms with Crippen molar-refractivity contribution in [2.75, 3.05) is 18.4 Å². The number of carbonyl (C=O) groups excluding carboxylic acids is 1. The highest BCUT2D eigenvalue weighted by molar-refractivity contribution is 6.31. The lowest BCUT2D eigenvalue weighted by molar-refractivity contribution is -0.126. The Labute approximate surface area is 124 Å². The van der Waals surface area contributed by atoms with Crippen LogP contribution >= 0.6 is 11.6 Å². The van der Waals surface area contributed by atoms with Gasteiger partial charge in [-0.2, -0.15) is 5.26 Å². The number of piperidine rings is 1. The Kier molecular flexibility index (Phi) is 4.64. The van der Waals surface area contributed by atoms with Crippen molar-refractivity contribution in [1.29, 1.82) is 5.26 Å². The molecule has 106 valence electrons. The van der Waals surface area contributed by atoms with Crippen LogP contribution in [0.5, 0.6) is 0 Å². The molecular weight excluding hydrogens is 274 g/mol. The molecule has 1 aliphatic rings. The summed E-state index contributed by atoms with van der Waals surface area (Å²) in [5.74, 6) is -0.0361. The molecule has 1 unspecified atom stereocenters. The molecule has 1 fully saturated rings. The monoisotopic (exact) mass is 291 g/mol. The molecule has 1 heterocycles. The van der Waals surface area contributed by atoms with E-state index in [9.17, 15) is 4.79 Å². The highest BCUT2D eigenvalue weighted by Crippen LogP contribution is 2.32. The van der Waals surface area contributed by atoms with Gasteiger partial charge >= 0.3 is 0 Å². The summed E-state index contributed by atoms with van der Waals surface area (Å²) in [6.45, 7) is 3.66. The van der Waals surface area contributed by atoms with E-state index >= 15 is 0 Å². The number of anilines is 1. The Morgan fingerprint density at radius 1 is 1.60 bits per heavy atom. The second-order valence-corrected chi connectivity index (χ2v) is 5.61. The topological polar surface area (TPSA) is 64.9 Å². The number of halogens is 1. The fourth-order valence-electron chi connectivity index (χ4n) is 2.60. The summed E-state index contributed by atoms with van der Waals surface area (Å²) in [4.78, 5) is 12.6. The number of hydrogen-bond acceptors (Lipinski definition) is 3. The van der Waals surface area contributed by atoms with Gasteiger partial charge in [0, 0.05) is 11.6 Å². The van der Waals surface area contributed by atoms with Crippen LogP contribution in [0.3, 0.4) is 0 Å². The van der Waals surface area contributed by atoms with E-state index in [0.717, 1.165) is 25.8 Å². The van der Waals surface area contributed by atoms with Gasteiger partial charge in [0.2, 0.25) is 5.91 Å². The molecule has 0 radical (unpaired) electrons. The number of hydrogen-bond donors (Lipinski definition) is 2. The van der Waals surface area contributed by atoms with E-state index in [2.05, 4.69) is 16.7 Å². The molecule has 1 amide bonds. The summed E-state index contributed by atoms with van der Waals surface area (Å²) >= 11 is 5.94. The Bertz CT molecular complexity index is 545. The molecule has 4 nitrogen and oxygen atoms in total. The van der Waals surface area contributed by atoms with Crippen molar-refractivity contribution >= 4 is 23.2 Å². The lowest BCUT2D eigenvalue weighted by Crippen LogP contribution is -2.47. The molecule has 1 aromatic rings. The Balaban J connectivity index is 2.23. The zero-order valence-corrected chi connectivity index (χ0v) is 12.3. The smallest absolute Gasteiger partial charge is 0.231 e. The molecular formula is C15H18ClN3O. The van der Waals surface area contributed by atoms with Gasteiger partial charge in [-0.3, -0.25) is 4.79 Å². The molecule has 0 aromatic heterocycles. The number of rotatable bonds is 3. The SMILES string of the molecule is CCC1(C(=O)Nc2cc(Cl)ccc2C#N)CCCNC1. The van der Waals surface area contributed by atoms with Gasteiger partial charge in [-0.15, -0.1) is 0 Å². The van der Waals surface area contributed by atoms with E-state index in [1.807, 2.05) is 6.92 Å². The van der Waals surface area contributed by atoms with Crippen LogP contribution in [0.25, 0.3) is 0 Å². The zero-order chi connectivity index (χ0) is 14.6. The van der Waals surface area contributed by atoms with Crippen LogP contribution < -0.4 is 10.6 Å². The van der Waals surface area contributed by atoms with Crippen LogP contribution in [0, 0.1) is 16.7 Å². The summed E-state index contributed by atoms with van der Waals surface area (Å²) in [7, 11) is 0. The predicted octanol–water partition coefficient (Wildman–Crippen LogP) is 2.93. The number of benzene rings is 1. The highest BCUT2D eigenvalue weighted by Gasteiger charge is 2.38. The molecule has 20 heavy (non-hydrogen) atoms. The molecule has 5 heteroatoms. The Hall–Kier alpha value is -1.57. The van der Waals surface area contributed by atoms with Crippen LogP contribution in [0.15, 0.2) is 18.2 Å². The predicted molar refractivity (Wildman–Crippen MR) is 79.6 cm³/mol.